The average Bonchev–Trinajstić information content (AvgIpc) is 3.18. The molecule has 0 aromatic heterocycles. The third-order valence-electron chi connectivity index (χ3n) is 2.90. The summed E-state index contributed by atoms with van der Waals surface area (Å²) in [6.07, 6.45) is 0. The van der Waals surface area contributed by atoms with Gasteiger partial charge in [-0.2, -0.15) is 0 Å². The number of hydrogen-bond donors (Lipinski definition) is 0. The van der Waals surface area contributed by atoms with Crippen LogP contribution in [0, 0.1) is 0 Å². The van der Waals surface area contributed by atoms with Gasteiger partial charge in [0.1, 0.15) is 26.7 Å². The predicted octanol–water partition coefficient (Wildman–Crippen LogP) is 3.98. The Morgan fingerprint density at radius 2 is 1.00 bits per heavy atom. The van der Waals surface area contributed by atoms with Gasteiger partial charge < -0.3 is 0 Å². The van der Waals surface area contributed by atoms with Gasteiger partial charge in [0.25, 0.3) is 0 Å². The molecular formula is C14H18F2O4P4Ti+2. The molecule has 0 saturated heterocycles. The molecule has 0 aliphatic heterocycles. The van der Waals surface area contributed by atoms with Crippen LogP contribution in [0.3, 0.4) is 0 Å². The zero-order valence-electron chi connectivity index (χ0n) is 14.1. The molecule has 0 heterocycles. The molecule has 2 rings (SSSR count). The van der Waals surface area contributed by atoms with Crippen LogP contribution in [0.25, 0.3) is 0 Å². The summed E-state index contributed by atoms with van der Waals surface area (Å²) < 4.78 is 63.2. The van der Waals surface area contributed by atoms with Crippen molar-refractivity contribution in [2.45, 2.75) is 0 Å². The normalized spacial score (nSPS) is 11.9. The molecule has 0 aliphatic rings. The standard InChI is InChI=1S/2C7H9O2P2.2FH.Ti/c2*1-10(8)6-3-4-7(5-6)11(2)9;;;/h2*3-5H,1-2H3;2*1H;/q2*+1;;;+2/p-2. The van der Waals surface area contributed by atoms with Crippen LogP contribution in [0.15, 0.2) is 36.4 Å². The Morgan fingerprint density at radius 3 is 1.12 bits per heavy atom. The summed E-state index contributed by atoms with van der Waals surface area (Å²) in [6, 6.07) is 10.6. The van der Waals surface area contributed by atoms with Gasteiger partial charge in [0.15, 0.2) is 0 Å². The third-order valence-corrected chi connectivity index (χ3v) is 6.92. The van der Waals surface area contributed by atoms with E-state index < -0.39 is 51.4 Å². The second-order valence-electron chi connectivity index (χ2n) is 4.72. The average molecular weight is 460 g/mol. The summed E-state index contributed by atoms with van der Waals surface area (Å²) in [5.74, 6) is 0. The minimum atomic E-state index is -2.50. The van der Waals surface area contributed by atoms with Crippen molar-refractivity contribution < 1.29 is 44.7 Å². The summed E-state index contributed by atoms with van der Waals surface area (Å²) in [5.41, 5.74) is 0. The first-order valence-corrected chi connectivity index (χ1v) is 14.8. The molecular weight excluding hydrogens is 442 g/mol. The van der Waals surface area contributed by atoms with Crippen LogP contribution in [0.4, 0.5) is 6.18 Å². The van der Waals surface area contributed by atoms with Crippen molar-refractivity contribution in [3.8, 4) is 0 Å². The van der Waals surface area contributed by atoms with E-state index >= 15 is 0 Å². The molecule has 0 aliphatic carbocycles. The van der Waals surface area contributed by atoms with E-state index in [-0.39, 0.29) is 0 Å². The molecule has 2 aromatic rings. The summed E-state index contributed by atoms with van der Waals surface area (Å²) in [5, 5.41) is 3.17. The Kier molecular flexibility index (Phi) is 12.8. The Bertz CT molecular complexity index is 638. The van der Waals surface area contributed by atoms with Crippen molar-refractivity contribution in [3.63, 3.8) is 0 Å². The second kappa shape index (κ2) is 12.9. The molecule has 11 heteroatoms. The molecule has 0 radical (unpaired) electrons. The third kappa shape index (κ3) is 9.81. The zero-order valence-corrected chi connectivity index (χ0v) is 19.3. The van der Waals surface area contributed by atoms with E-state index in [1.165, 1.54) is 0 Å². The molecule has 0 spiro atoms. The predicted molar refractivity (Wildman–Crippen MR) is 98.9 cm³/mol. The van der Waals surface area contributed by atoms with Gasteiger partial charge in [-0.05, 0) is 0 Å². The van der Waals surface area contributed by atoms with E-state index in [4.69, 9.17) is 0 Å². The van der Waals surface area contributed by atoms with Gasteiger partial charge in [-0.15, -0.1) is 36.4 Å². The molecule has 0 amide bonds. The van der Waals surface area contributed by atoms with Gasteiger partial charge >= 0.3 is 57.6 Å². The van der Waals surface area contributed by atoms with Crippen LogP contribution >= 0.6 is 31.2 Å². The molecule has 0 bridgehead atoms. The molecule has 4 atom stereocenters. The van der Waals surface area contributed by atoms with Gasteiger partial charge in [0.05, 0.1) is 10.6 Å². The van der Waals surface area contributed by atoms with Crippen LogP contribution < -0.4 is 21.2 Å². The van der Waals surface area contributed by atoms with Gasteiger partial charge in [-0.1, -0.05) is 18.3 Å². The molecule has 4 unspecified atom stereocenters. The molecule has 4 nitrogen and oxygen atoms in total. The summed E-state index contributed by atoms with van der Waals surface area (Å²) in [6.45, 7) is 6.60. The zero-order chi connectivity index (χ0) is 19.6. The van der Waals surface area contributed by atoms with Gasteiger partial charge in [-0.3, -0.25) is 0 Å². The quantitative estimate of drug-likeness (QED) is 0.394. The Morgan fingerprint density at radius 1 is 0.720 bits per heavy atom. The minimum absolute atomic E-state index is 0.792. The molecule has 0 N–H and O–H groups in total. The number of rotatable bonds is 4. The topological polar surface area (TPSA) is 68.3 Å². The Balaban J connectivity index is 0.000000399. The van der Waals surface area contributed by atoms with Crippen molar-refractivity contribution >= 4 is 52.4 Å². The fourth-order valence-corrected chi connectivity index (χ4v) is 4.25. The maximum absolute atomic E-state index is 10.9. The van der Waals surface area contributed by atoms with Gasteiger partial charge in [0.2, 0.25) is 0 Å². The summed E-state index contributed by atoms with van der Waals surface area (Å²) in [7, 11) is -5.11. The fraction of sp³-hybridized carbons (Fsp3) is 0.286. The first-order chi connectivity index (χ1) is 11.6. The Hall–Kier alpha value is -0.326. The molecule has 0 fully saturated rings. The number of halogens is 2. The fourth-order valence-electron chi connectivity index (χ4n) is 1.62. The molecule has 25 heavy (non-hydrogen) atoms. The summed E-state index contributed by atoms with van der Waals surface area (Å²) in [4.78, 5) is 0. The van der Waals surface area contributed by atoms with Crippen molar-refractivity contribution in [3.05, 3.63) is 36.4 Å². The van der Waals surface area contributed by atoms with Crippen LogP contribution in [-0.2, 0) is 38.5 Å². The van der Waals surface area contributed by atoms with E-state index in [1.807, 2.05) is 0 Å². The monoisotopic (exact) mass is 460 g/mol. The molecule has 0 saturated carbocycles. The van der Waals surface area contributed by atoms with Crippen molar-refractivity contribution in [2.24, 2.45) is 0 Å². The van der Waals surface area contributed by atoms with Crippen LogP contribution in [0.5, 0.6) is 0 Å². The van der Waals surface area contributed by atoms with E-state index in [1.54, 1.807) is 63.1 Å². The second-order valence-corrected chi connectivity index (χ2v) is 11.0. The molecule has 134 valence electrons. The Labute approximate surface area is 159 Å². The first kappa shape index (κ1) is 24.7. The molecule has 2 aromatic carbocycles. The van der Waals surface area contributed by atoms with Crippen LogP contribution in [-0.4, -0.2) is 26.7 Å². The first-order valence-electron chi connectivity index (χ1n) is 6.77. The maximum atomic E-state index is 10.9. The van der Waals surface area contributed by atoms with E-state index in [0.717, 1.165) is 21.2 Å². The van der Waals surface area contributed by atoms with Crippen molar-refractivity contribution in [2.75, 3.05) is 26.7 Å². The SMILES string of the molecule is C[P+](=O)c1c[cH-]c([P+](C)=O)c1.C[P+](=O)c1c[cH-]c([P+](C)=O)c1.[F][Ti][F]. The number of hydrogen-bond acceptors (Lipinski definition) is 4. The van der Waals surface area contributed by atoms with Crippen LogP contribution in [0.2, 0.25) is 0 Å². The summed E-state index contributed by atoms with van der Waals surface area (Å²) >= 11 is -2.50. The van der Waals surface area contributed by atoms with E-state index in [2.05, 4.69) is 0 Å². The van der Waals surface area contributed by atoms with Crippen molar-refractivity contribution in [1.82, 2.24) is 0 Å². The van der Waals surface area contributed by atoms with Crippen LogP contribution in [0.1, 0.15) is 0 Å². The van der Waals surface area contributed by atoms with Gasteiger partial charge in [0, 0.05) is 10.6 Å². The van der Waals surface area contributed by atoms with E-state index in [0.29, 0.717) is 0 Å². The van der Waals surface area contributed by atoms with Gasteiger partial charge in [-0.25, -0.2) is 0 Å². The van der Waals surface area contributed by atoms with Crippen molar-refractivity contribution in [1.29, 1.82) is 0 Å². The van der Waals surface area contributed by atoms with E-state index in [9.17, 15) is 24.4 Å².